The molecule has 1 N–H and O–H groups in total. The van der Waals surface area contributed by atoms with Crippen molar-refractivity contribution in [2.24, 2.45) is 0 Å². The standard InChI is InChI=1S/C19H26N2O2S/c1-7-12(3)9-13(8-2)14-10-15(18(22-5)23-6)17-16(11-14)21-19(20-4)24-17/h8-11,18H,7H2,1-6H3,(H,20,21)/b12-9+,13-8+. The third kappa shape index (κ3) is 3.86. The summed E-state index contributed by atoms with van der Waals surface area (Å²) in [6.07, 6.45) is 4.98. The van der Waals surface area contributed by atoms with Crippen molar-refractivity contribution < 1.29 is 9.47 Å². The molecule has 130 valence electrons. The van der Waals surface area contributed by atoms with Gasteiger partial charge >= 0.3 is 0 Å². The van der Waals surface area contributed by atoms with Crippen LogP contribution in [0.25, 0.3) is 15.8 Å². The van der Waals surface area contributed by atoms with E-state index in [1.165, 1.54) is 11.1 Å². The van der Waals surface area contributed by atoms with Crippen molar-refractivity contribution in [2.45, 2.75) is 33.5 Å². The van der Waals surface area contributed by atoms with E-state index in [2.05, 4.69) is 55.4 Å². The van der Waals surface area contributed by atoms with E-state index in [0.29, 0.717) is 0 Å². The minimum absolute atomic E-state index is 0.410. The Morgan fingerprint density at radius 3 is 2.58 bits per heavy atom. The van der Waals surface area contributed by atoms with Crippen molar-refractivity contribution in [2.75, 3.05) is 26.6 Å². The molecule has 1 aromatic heterocycles. The van der Waals surface area contributed by atoms with Crippen LogP contribution in [-0.4, -0.2) is 26.3 Å². The molecule has 1 heterocycles. The molecule has 0 saturated carbocycles. The summed E-state index contributed by atoms with van der Waals surface area (Å²) in [5.41, 5.74) is 5.61. The largest absolute Gasteiger partial charge is 0.365 e. The van der Waals surface area contributed by atoms with E-state index in [-0.39, 0.29) is 0 Å². The quantitative estimate of drug-likeness (QED) is 0.539. The molecule has 0 bridgehead atoms. The van der Waals surface area contributed by atoms with Gasteiger partial charge in [-0.05, 0) is 43.5 Å². The SMILES string of the molecule is C/C=C(\C=C(/C)CC)c1cc(C(OC)OC)c2sc(NC)nc2c1. The summed E-state index contributed by atoms with van der Waals surface area (Å²) in [6.45, 7) is 6.38. The summed E-state index contributed by atoms with van der Waals surface area (Å²) in [5.74, 6) is 0. The smallest absolute Gasteiger partial charge is 0.184 e. The van der Waals surface area contributed by atoms with Crippen molar-refractivity contribution in [3.05, 3.63) is 41.0 Å². The Morgan fingerprint density at radius 1 is 1.33 bits per heavy atom. The fourth-order valence-corrected chi connectivity index (χ4v) is 3.48. The maximum absolute atomic E-state index is 5.51. The van der Waals surface area contributed by atoms with Crippen molar-refractivity contribution in [3.8, 4) is 0 Å². The number of aromatic nitrogens is 1. The Kier molecular flexibility index (Phi) is 6.54. The van der Waals surface area contributed by atoms with Crippen LogP contribution < -0.4 is 5.32 Å². The van der Waals surface area contributed by atoms with Crippen LogP contribution in [0, 0.1) is 0 Å². The maximum atomic E-state index is 5.51. The molecule has 0 saturated heterocycles. The number of nitrogens with zero attached hydrogens (tertiary/aromatic N) is 1. The van der Waals surface area contributed by atoms with Gasteiger partial charge in [0.2, 0.25) is 0 Å². The van der Waals surface area contributed by atoms with Gasteiger partial charge in [-0.3, -0.25) is 0 Å². The third-order valence-corrected chi connectivity index (χ3v) is 5.16. The molecule has 0 radical (unpaired) electrons. The molecule has 0 unspecified atom stereocenters. The molecule has 1 aromatic carbocycles. The molecule has 0 aliphatic heterocycles. The zero-order chi connectivity index (χ0) is 17.7. The highest BCUT2D eigenvalue weighted by Crippen LogP contribution is 2.36. The normalized spacial score (nSPS) is 13.1. The topological polar surface area (TPSA) is 43.4 Å². The predicted molar refractivity (Wildman–Crippen MR) is 104 cm³/mol. The van der Waals surface area contributed by atoms with Gasteiger partial charge in [-0.25, -0.2) is 4.98 Å². The molecule has 5 heteroatoms. The average molecular weight is 346 g/mol. The fourth-order valence-electron chi connectivity index (χ4n) is 2.56. The first-order valence-corrected chi connectivity index (χ1v) is 8.91. The second-order valence-electron chi connectivity index (χ2n) is 5.57. The van der Waals surface area contributed by atoms with Crippen molar-refractivity contribution in [1.29, 1.82) is 0 Å². The van der Waals surface area contributed by atoms with Crippen LogP contribution in [0.4, 0.5) is 5.13 Å². The van der Waals surface area contributed by atoms with E-state index in [1.54, 1.807) is 25.6 Å². The lowest BCUT2D eigenvalue weighted by Crippen LogP contribution is -2.04. The number of hydrogen-bond acceptors (Lipinski definition) is 5. The Bertz CT molecular complexity index is 758. The van der Waals surface area contributed by atoms with Gasteiger partial charge in [-0.15, -0.1) is 0 Å². The Morgan fingerprint density at radius 2 is 2.04 bits per heavy atom. The molecule has 2 rings (SSSR count). The van der Waals surface area contributed by atoms with E-state index in [0.717, 1.165) is 32.9 Å². The Hall–Kier alpha value is -1.69. The lowest BCUT2D eigenvalue weighted by Gasteiger charge is -2.16. The number of fused-ring (bicyclic) bond motifs is 1. The number of methoxy groups -OCH3 is 2. The monoisotopic (exact) mass is 346 g/mol. The molecule has 0 aliphatic rings. The number of ether oxygens (including phenoxy) is 2. The summed E-state index contributed by atoms with van der Waals surface area (Å²) < 4.78 is 12.1. The van der Waals surface area contributed by atoms with Crippen LogP contribution in [0.3, 0.4) is 0 Å². The van der Waals surface area contributed by atoms with Crippen molar-refractivity contribution in [1.82, 2.24) is 4.98 Å². The zero-order valence-corrected chi connectivity index (χ0v) is 16.1. The van der Waals surface area contributed by atoms with Crippen LogP contribution in [0.15, 0.2) is 29.9 Å². The molecule has 24 heavy (non-hydrogen) atoms. The number of allylic oxidation sites excluding steroid dienone is 4. The lowest BCUT2D eigenvalue weighted by atomic mass is 9.99. The number of rotatable bonds is 7. The van der Waals surface area contributed by atoms with E-state index < -0.39 is 6.29 Å². The van der Waals surface area contributed by atoms with Crippen LogP contribution >= 0.6 is 11.3 Å². The molecule has 2 aromatic rings. The van der Waals surface area contributed by atoms with E-state index in [4.69, 9.17) is 9.47 Å². The molecule has 0 amide bonds. The van der Waals surface area contributed by atoms with Crippen LogP contribution in [0.5, 0.6) is 0 Å². The molecule has 0 atom stereocenters. The minimum Gasteiger partial charge on any atom is -0.365 e. The van der Waals surface area contributed by atoms with Crippen molar-refractivity contribution in [3.63, 3.8) is 0 Å². The van der Waals surface area contributed by atoms with Crippen molar-refractivity contribution >= 4 is 32.3 Å². The minimum atomic E-state index is -0.410. The van der Waals surface area contributed by atoms with Gasteiger partial charge in [-0.1, -0.05) is 36.0 Å². The number of thiazole rings is 1. The highest BCUT2D eigenvalue weighted by molar-refractivity contribution is 7.22. The highest BCUT2D eigenvalue weighted by atomic mass is 32.1. The van der Waals surface area contributed by atoms with Gasteiger partial charge < -0.3 is 14.8 Å². The Labute approximate surface area is 148 Å². The Balaban J connectivity index is 2.67. The van der Waals surface area contributed by atoms with Gasteiger partial charge in [0.1, 0.15) is 0 Å². The third-order valence-electron chi connectivity index (χ3n) is 4.02. The first kappa shape index (κ1) is 18.6. The lowest BCUT2D eigenvalue weighted by molar-refractivity contribution is -0.104. The summed E-state index contributed by atoms with van der Waals surface area (Å²) in [7, 11) is 5.20. The maximum Gasteiger partial charge on any atom is 0.184 e. The van der Waals surface area contributed by atoms with E-state index in [9.17, 15) is 0 Å². The second-order valence-corrected chi connectivity index (χ2v) is 6.57. The summed E-state index contributed by atoms with van der Waals surface area (Å²) >= 11 is 1.61. The van der Waals surface area contributed by atoms with Gasteiger partial charge in [-0.2, -0.15) is 0 Å². The number of anilines is 1. The van der Waals surface area contributed by atoms with Gasteiger partial charge in [0.15, 0.2) is 11.4 Å². The molecule has 4 nitrogen and oxygen atoms in total. The summed E-state index contributed by atoms with van der Waals surface area (Å²) in [4.78, 5) is 4.67. The van der Waals surface area contributed by atoms with Crippen LogP contribution in [-0.2, 0) is 9.47 Å². The average Bonchev–Trinajstić information content (AvgIpc) is 3.03. The molecule has 0 spiro atoms. The number of nitrogens with one attached hydrogen (secondary N) is 1. The van der Waals surface area contributed by atoms with E-state index in [1.807, 2.05) is 7.05 Å². The summed E-state index contributed by atoms with van der Waals surface area (Å²) in [6, 6.07) is 4.28. The second kappa shape index (κ2) is 8.42. The first-order valence-electron chi connectivity index (χ1n) is 8.09. The van der Waals surface area contributed by atoms with Crippen LogP contribution in [0.2, 0.25) is 0 Å². The zero-order valence-electron chi connectivity index (χ0n) is 15.3. The number of benzene rings is 1. The molecular weight excluding hydrogens is 320 g/mol. The van der Waals surface area contributed by atoms with Crippen LogP contribution in [0.1, 0.15) is 44.6 Å². The molecule has 0 fully saturated rings. The first-order chi connectivity index (χ1) is 11.6. The van der Waals surface area contributed by atoms with Gasteiger partial charge in [0, 0.05) is 26.8 Å². The van der Waals surface area contributed by atoms with E-state index >= 15 is 0 Å². The molecule has 0 aliphatic carbocycles. The fraction of sp³-hybridized carbons (Fsp3) is 0.421. The molecular formula is C19H26N2O2S. The number of hydrogen-bond donors (Lipinski definition) is 1. The highest BCUT2D eigenvalue weighted by Gasteiger charge is 2.18. The summed E-state index contributed by atoms with van der Waals surface area (Å²) in [5, 5.41) is 4.01. The van der Waals surface area contributed by atoms with Gasteiger partial charge in [0.25, 0.3) is 0 Å². The van der Waals surface area contributed by atoms with Gasteiger partial charge in [0.05, 0.1) is 10.2 Å². The predicted octanol–water partition coefficient (Wildman–Crippen LogP) is 5.39.